The molecule has 19 nitrogen and oxygen atoms in total. The molecule has 0 spiro atoms. The molecule has 1 aliphatic carbocycles. The number of hydrogen-bond donors (Lipinski definition) is 2. The van der Waals surface area contributed by atoms with Gasteiger partial charge in [-0.05, 0) is 126 Å². The number of methoxy groups -OCH3 is 4. The van der Waals surface area contributed by atoms with E-state index in [0.717, 1.165) is 43.4 Å². The highest BCUT2D eigenvalue weighted by atomic mass is 16.6. The molecule has 4 heterocycles. The van der Waals surface area contributed by atoms with Crippen LogP contribution in [-0.2, 0) is 74.8 Å². The van der Waals surface area contributed by atoms with Crippen molar-refractivity contribution < 1.29 is 72.1 Å². The largest absolute Gasteiger partial charge is 0.460 e. The fourth-order valence-electron chi connectivity index (χ4n) is 11.9. The quantitative estimate of drug-likeness (QED) is 0.0627. The van der Waals surface area contributed by atoms with Crippen molar-refractivity contribution in [3.05, 3.63) is 59.5 Å². The molecular formula is C62H98N4O15. The summed E-state index contributed by atoms with van der Waals surface area (Å²) < 4.78 is 48.9. The van der Waals surface area contributed by atoms with Crippen LogP contribution in [0.3, 0.4) is 0 Å². The van der Waals surface area contributed by atoms with E-state index in [1.807, 2.05) is 64.3 Å². The predicted molar refractivity (Wildman–Crippen MR) is 305 cm³/mol. The van der Waals surface area contributed by atoms with Gasteiger partial charge in [0, 0.05) is 78.4 Å². The highest BCUT2D eigenvalue weighted by Crippen LogP contribution is 2.38. The molecule has 1 amide bonds. The zero-order valence-electron chi connectivity index (χ0n) is 50.5. The number of aromatic nitrogens is 3. The number of hydrogen-bond acceptors (Lipinski definition) is 17. The SMILES string of the molecule is COCCOCCn1cc(CCCCO[C@@H]2CC[C@@H](C[C@@H](C)[C@@H]3CC(=O)[C@H](C)/C=C(\C)[C@@H](O)[C@@H](OC)C(=O)[C@H](C)C[C@H](C)/C=C/C=C/C=C(\C)[C@@H](OC)C[C@@H]4CC[C@@H](C)[C@@](O)(O4)C(=O)C(=O)N4CCCC[C@H]4C(=O)O3)C[C@H]2OC)nn1. The smallest absolute Gasteiger partial charge is 0.329 e. The summed E-state index contributed by atoms with van der Waals surface area (Å²) in [6, 6.07) is -1.15. The number of piperidine rings is 1. The average Bonchev–Trinajstić information content (AvgIpc) is 4.09. The van der Waals surface area contributed by atoms with Gasteiger partial charge < -0.3 is 53.0 Å². The fraction of sp³-hybridized carbons (Fsp3) is 0.758. The van der Waals surface area contributed by atoms with Gasteiger partial charge in [-0.2, -0.15) is 0 Å². The second-order valence-electron chi connectivity index (χ2n) is 23.5. The number of esters is 1. The first-order valence-electron chi connectivity index (χ1n) is 29.8. The molecule has 0 radical (unpaired) electrons. The number of rotatable bonds is 18. The third-order valence-corrected chi connectivity index (χ3v) is 17.1. The number of unbranched alkanes of at least 4 members (excludes halogenated alkanes) is 1. The number of cyclic esters (lactones) is 1. The van der Waals surface area contributed by atoms with Crippen LogP contribution in [0.4, 0.5) is 0 Å². The number of amides is 1. The number of aliphatic hydroxyl groups excluding tert-OH is 1. The molecule has 2 bridgehead atoms. The van der Waals surface area contributed by atoms with E-state index in [2.05, 4.69) is 10.3 Å². The Morgan fingerprint density at radius 1 is 0.827 bits per heavy atom. The van der Waals surface area contributed by atoms with Gasteiger partial charge in [0.25, 0.3) is 11.7 Å². The number of allylic oxidation sites excluding steroid dienone is 6. The molecule has 1 aromatic heterocycles. The predicted octanol–water partition coefficient (Wildman–Crippen LogP) is 7.48. The number of nitrogens with zero attached hydrogens (tertiary/aromatic N) is 4. The van der Waals surface area contributed by atoms with Crippen molar-refractivity contribution >= 4 is 29.2 Å². The van der Waals surface area contributed by atoms with E-state index in [-0.39, 0.29) is 60.9 Å². The number of fused-ring (bicyclic) bond motifs is 3. The van der Waals surface area contributed by atoms with Crippen LogP contribution in [0.1, 0.15) is 144 Å². The number of carbonyl (C=O) groups excluding carboxylic acids is 5. The first kappa shape index (κ1) is 67.5. The highest BCUT2D eigenvalue weighted by molar-refractivity contribution is 6.39. The second kappa shape index (κ2) is 33.8. The van der Waals surface area contributed by atoms with E-state index in [1.165, 1.54) is 12.0 Å². The van der Waals surface area contributed by atoms with Gasteiger partial charge in [-0.3, -0.25) is 19.2 Å². The van der Waals surface area contributed by atoms with Gasteiger partial charge in [0.2, 0.25) is 5.79 Å². The minimum absolute atomic E-state index is 0.0109. The maximum Gasteiger partial charge on any atom is 0.329 e. The molecule has 4 aliphatic rings. The highest BCUT2D eigenvalue weighted by Gasteiger charge is 2.53. The van der Waals surface area contributed by atoms with Gasteiger partial charge in [-0.25, -0.2) is 9.48 Å². The second-order valence-corrected chi connectivity index (χ2v) is 23.5. The van der Waals surface area contributed by atoms with Crippen molar-refractivity contribution in [1.82, 2.24) is 19.9 Å². The summed E-state index contributed by atoms with van der Waals surface area (Å²) in [6.07, 6.45) is 16.7. The minimum Gasteiger partial charge on any atom is -0.460 e. The van der Waals surface area contributed by atoms with Crippen LogP contribution in [0.5, 0.6) is 0 Å². The van der Waals surface area contributed by atoms with Crippen LogP contribution in [0.2, 0.25) is 0 Å². The van der Waals surface area contributed by atoms with Crippen molar-refractivity contribution in [2.24, 2.45) is 35.5 Å². The number of aryl methyl sites for hydroxylation is 1. The molecule has 456 valence electrons. The molecular weight excluding hydrogens is 1040 g/mol. The number of ketones is 3. The summed E-state index contributed by atoms with van der Waals surface area (Å²) >= 11 is 0. The summed E-state index contributed by atoms with van der Waals surface area (Å²) in [6.45, 7) is 15.7. The Kier molecular flexibility index (Phi) is 28.2. The molecule has 1 aromatic rings. The van der Waals surface area contributed by atoms with E-state index < -0.39 is 77.8 Å². The lowest BCUT2D eigenvalue weighted by atomic mass is 9.78. The van der Waals surface area contributed by atoms with E-state index in [0.29, 0.717) is 89.9 Å². The lowest BCUT2D eigenvalue weighted by Gasteiger charge is -2.42. The van der Waals surface area contributed by atoms with Crippen molar-refractivity contribution in [2.45, 2.75) is 206 Å². The third-order valence-electron chi connectivity index (χ3n) is 17.1. The monoisotopic (exact) mass is 1140 g/mol. The Labute approximate surface area is 481 Å². The number of ether oxygens (including phenoxy) is 8. The van der Waals surface area contributed by atoms with Gasteiger partial charge >= 0.3 is 5.97 Å². The maximum atomic E-state index is 14.7. The van der Waals surface area contributed by atoms with Gasteiger partial charge in [-0.1, -0.05) is 76.3 Å². The Bertz CT molecular complexity index is 2280. The lowest BCUT2D eigenvalue weighted by Crippen LogP contribution is -2.61. The van der Waals surface area contributed by atoms with Crippen molar-refractivity contribution in [3.63, 3.8) is 0 Å². The molecule has 2 N–H and O–H groups in total. The standard InChI is InChI=1S/C62H98N4O15/c1-40-19-13-12-14-20-41(2)53(75-9)37-49-25-23-46(7)62(73,81-49)59(70)60(71)66-27-17-15-22-50(66)61(72)80-54(38-51(67)42(3)34-45(6)57(69)58(77-11)56(68)44(5)33-40)43(4)35-47-24-26-52(55(36-47)76-10)79-29-18-16-21-48-39-65(64-63-48)28-30-78-32-31-74-8/h12-14,19-20,34,39-40,42-44,46-47,49-50,52-55,57-58,69,73H,15-18,21-33,35-38H2,1-11H3/b14-12+,19-13+,41-20+,45-34+/t40-,42-,43-,44-,46-,47+,49+,50+,52-,53+,54+,55-,57-,58+,62-/m1/s1. The van der Waals surface area contributed by atoms with Crippen molar-refractivity contribution in [2.75, 3.05) is 61.4 Å². The Hall–Kier alpha value is -4.31. The molecule has 0 unspecified atom stereocenters. The normalized spacial score (nSPS) is 34.8. The van der Waals surface area contributed by atoms with Crippen LogP contribution in [0.15, 0.2) is 53.8 Å². The summed E-state index contributed by atoms with van der Waals surface area (Å²) in [7, 11) is 6.30. The zero-order chi connectivity index (χ0) is 59.2. The summed E-state index contributed by atoms with van der Waals surface area (Å²) in [5.41, 5.74) is 2.19. The molecule has 3 aliphatic heterocycles. The van der Waals surface area contributed by atoms with Gasteiger partial charge in [0.15, 0.2) is 5.78 Å². The van der Waals surface area contributed by atoms with Gasteiger partial charge in [-0.15, -0.1) is 5.10 Å². The van der Waals surface area contributed by atoms with Gasteiger partial charge in [0.05, 0.1) is 56.5 Å². The number of Topliss-reactive ketones (excluding diaryl/α,β-unsaturated/α-hetero) is 3. The molecule has 19 heteroatoms. The molecule has 1 saturated carbocycles. The molecule has 2 saturated heterocycles. The average molecular weight is 1140 g/mol. The first-order valence-corrected chi connectivity index (χ1v) is 29.8. The Balaban J connectivity index is 1.34. The van der Waals surface area contributed by atoms with Crippen LogP contribution in [0, 0.1) is 35.5 Å². The third kappa shape index (κ3) is 19.9. The fourth-order valence-corrected chi connectivity index (χ4v) is 11.9. The van der Waals surface area contributed by atoms with Gasteiger partial charge in [0.1, 0.15) is 30.1 Å². The first-order chi connectivity index (χ1) is 38.7. The summed E-state index contributed by atoms with van der Waals surface area (Å²) in [5, 5.41) is 32.2. The van der Waals surface area contributed by atoms with Crippen LogP contribution >= 0.6 is 0 Å². The maximum absolute atomic E-state index is 14.7. The van der Waals surface area contributed by atoms with E-state index in [9.17, 15) is 34.2 Å². The van der Waals surface area contributed by atoms with E-state index in [4.69, 9.17) is 37.9 Å². The minimum atomic E-state index is -2.44. The Morgan fingerprint density at radius 3 is 2.33 bits per heavy atom. The van der Waals surface area contributed by atoms with E-state index in [1.54, 1.807) is 52.9 Å². The van der Waals surface area contributed by atoms with E-state index >= 15 is 0 Å². The van der Waals surface area contributed by atoms with Crippen LogP contribution in [-0.4, -0.2) is 175 Å². The summed E-state index contributed by atoms with van der Waals surface area (Å²) in [4.78, 5) is 72.9. The van der Waals surface area contributed by atoms with Crippen LogP contribution < -0.4 is 0 Å². The molecule has 3 fully saturated rings. The number of carbonyl (C=O) groups is 5. The summed E-state index contributed by atoms with van der Waals surface area (Å²) in [5.74, 6) is -7.96. The molecule has 15 atom stereocenters. The van der Waals surface area contributed by atoms with Crippen molar-refractivity contribution in [1.29, 1.82) is 0 Å². The van der Waals surface area contributed by atoms with Crippen molar-refractivity contribution in [3.8, 4) is 0 Å². The molecule has 81 heavy (non-hydrogen) atoms. The Morgan fingerprint density at radius 2 is 1.60 bits per heavy atom. The zero-order valence-corrected chi connectivity index (χ0v) is 50.5. The lowest BCUT2D eigenvalue weighted by molar-refractivity contribution is -0.265. The molecule has 0 aromatic carbocycles. The topological polar surface area (TPSA) is 234 Å². The molecule has 5 rings (SSSR count). The number of aliphatic hydroxyl groups is 2. The van der Waals surface area contributed by atoms with Crippen LogP contribution in [0.25, 0.3) is 0 Å².